The summed E-state index contributed by atoms with van der Waals surface area (Å²) in [5.41, 5.74) is -2.23. The largest absolute Gasteiger partial charge is 0.451 e. The van der Waals surface area contributed by atoms with E-state index in [0.717, 1.165) is 5.39 Å². The van der Waals surface area contributed by atoms with E-state index in [4.69, 9.17) is 8.94 Å². The molecule has 0 fully saturated rings. The fourth-order valence-corrected chi connectivity index (χ4v) is 2.90. The number of aromatic nitrogens is 2. The second-order valence-corrected chi connectivity index (χ2v) is 6.27. The zero-order valence-corrected chi connectivity index (χ0v) is 14.5. The van der Waals surface area contributed by atoms with Crippen LogP contribution in [0.4, 0.5) is 26.3 Å². The van der Waals surface area contributed by atoms with Gasteiger partial charge >= 0.3 is 12.4 Å². The number of alkyl halides is 6. The second-order valence-electron chi connectivity index (χ2n) is 6.27. The number of fused-ring (bicyclic) bond motifs is 1. The Bertz CT molecular complexity index is 1170. The van der Waals surface area contributed by atoms with E-state index >= 15 is 0 Å². The van der Waals surface area contributed by atoms with Crippen molar-refractivity contribution in [2.75, 3.05) is 0 Å². The van der Waals surface area contributed by atoms with Gasteiger partial charge in [-0.15, -0.1) is 0 Å². The van der Waals surface area contributed by atoms with Crippen molar-refractivity contribution in [3.05, 3.63) is 59.2 Å². The SMILES string of the molecule is Cc1c(-c2nc(-c3cc(C(F)(F)F)cc(C(F)(F)F)c3)no2)oc2ccccc12. The molecule has 150 valence electrons. The first-order valence-electron chi connectivity index (χ1n) is 8.16. The fourth-order valence-electron chi connectivity index (χ4n) is 2.90. The van der Waals surface area contributed by atoms with Gasteiger partial charge in [0.25, 0.3) is 5.89 Å². The van der Waals surface area contributed by atoms with Crippen LogP contribution in [0.2, 0.25) is 0 Å². The van der Waals surface area contributed by atoms with Crippen LogP contribution < -0.4 is 0 Å². The van der Waals surface area contributed by atoms with Gasteiger partial charge in [0, 0.05) is 16.5 Å². The van der Waals surface area contributed by atoms with Crippen LogP contribution in [0.1, 0.15) is 16.7 Å². The molecule has 2 aromatic carbocycles. The van der Waals surface area contributed by atoms with Gasteiger partial charge < -0.3 is 8.94 Å². The Balaban J connectivity index is 1.82. The molecule has 0 saturated heterocycles. The van der Waals surface area contributed by atoms with E-state index < -0.39 is 34.9 Å². The van der Waals surface area contributed by atoms with E-state index in [1.54, 1.807) is 31.2 Å². The summed E-state index contributed by atoms with van der Waals surface area (Å²) in [5.74, 6) is -0.385. The number of nitrogens with zero attached hydrogens (tertiary/aromatic N) is 2. The number of aryl methyl sites for hydroxylation is 1. The molecule has 4 rings (SSSR count). The fraction of sp³-hybridized carbons (Fsp3) is 0.158. The molecule has 0 spiro atoms. The highest BCUT2D eigenvalue weighted by Gasteiger charge is 2.37. The lowest BCUT2D eigenvalue weighted by molar-refractivity contribution is -0.143. The molecule has 4 nitrogen and oxygen atoms in total. The Hall–Kier alpha value is -3.30. The average molecular weight is 412 g/mol. The molecule has 0 aliphatic carbocycles. The maximum Gasteiger partial charge on any atom is 0.416 e. The first-order valence-corrected chi connectivity index (χ1v) is 8.16. The topological polar surface area (TPSA) is 52.1 Å². The van der Waals surface area contributed by atoms with Crippen molar-refractivity contribution in [2.45, 2.75) is 19.3 Å². The molecule has 10 heteroatoms. The molecule has 0 amide bonds. The molecule has 0 bridgehead atoms. The predicted molar refractivity (Wildman–Crippen MR) is 89.7 cm³/mol. The first kappa shape index (κ1) is 19.0. The van der Waals surface area contributed by atoms with Crippen LogP contribution >= 0.6 is 0 Å². The third-order valence-corrected chi connectivity index (χ3v) is 4.31. The molecule has 2 aromatic heterocycles. The molecule has 0 saturated carbocycles. The standard InChI is InChI=1S/C19H10F6N2O2/c1-9-13-4-2-3-5-14(13)28-15(9)17-26-16(27-29-17)10-6-11(18(20,21)22)8-12(7-10)19(23,24)25/h2-8H,1H3. The highest BCUT2D eigenvalue weighted by Crippen LogP contribution is 2.39. The van der Waals surface area contributed by atoms with Gasteiger partial charge in [0.05, 0.1) is 11.1 Å². The van der Waals surface area contributed by atoms with E-state index in [0.29, 0.717) is 23.3 Å². The Kier molecular flexibility index (Phi) is 4.18. The van der Waals surface area contributed by atoms with Crippen molar-refractivity contribution in [2.24, 2.45) is 0 Å². The normalized spacial score (nSPS) is 12.7. The average Bonchev–Trinajstić information content (AvgIpc) is 3.25. The Labute approximate surface area is 158 Å². The summed E-state index contributed by atoms with van der Waals surface area (Å²) in [6, 6.07) is 8.13. The Morgan fingerprint density at radius 3 is 2.07 bits per heavy atom. The van der Waals surface area contributed by atoms with Crippen LogP contribution in [0.25, 0.3) is 34.0 Å². The number of hydrogen-bond donors (Lipinski definition) is 0. The van der Waals surface area contributed by atoms with Gasteiger partial charge in [0.15, 0.2) is 5.76 Å². The van der Waals surface area contributed by atoms with E-state index in [9.17, 15) is 26.3 Å². The van der Waals surface area contributed by atoms with Crippen LogP contribution in [0.3, 0.4) is 0 Å². The van der Waals surface area contributed by atoms with Crippen LogP contribution in [0, 0.1) is 6.92 Å². The quantitative estimate of drug-likeness (QED) is 0.353. The lowest BCUT2D eigenvalue weighted by Crippen LogP contribution is -2.11. The van der Waals surface area contributed by atoms with Crippen LogP contribution in [0.5, 0.6) is 0 Å². The summed E-state index contributed by atoms with van der Waals surface area (Å²) in [7, 11) is 0. The minimum atomic E-state index is -4.97. The molecule has 0 aliphatic heterocycles. The van der Waals surface area contributed by atoms with Gasteiger partial charge in [-0.2, -0.15) is 31.3 Å². The van der Waals surface area contributed by atoms with Crippen molar-refractivity contribution >= 4 is 11.0 Å². The third kappa shape index (κ3) is 3.45. The third-order valence-electron chi connectivity index (χ3n) is 4.31. The van der Waals surface area contributed by atoms with Gasteiger partial charge in [-0.1, -0.05) is 23.4 Å². The molecule has 4 aromatic rings. The van der Waals surface area contributed by atoms with Crippen molar-refractivity contribution in [1.29, 1.82) is 0 Å². The second kappa shape index (κ2) is 6.36. The number of hydrogen-bond acceptors (Lipinski definition) is 4. The smallest absolute Gasteiger partial charge is 0.416 e. The van der Waals surface area contributed by atoms with Crippen LogP contribution in [0.15, 0.2) is 51.4 Å². The van der Waals surface area contributed by atoms with Crippen molar-refractivity contribution < 1.29 is 35.3 Å². The summed E-state index contributed by atoms with van der Waals surface area (Å²) in [6.45, 7) is 1.72. The number of rotatable bonds is 2. The van der Waals surface area contributed by atoms with Gasteiger partial charge in [0.2, 0.25) is 5.82 Å². The number of benzene rings is 2. The molecule has 0 unspecified atom stereocenters. The number of halogens is 6. The Morgan fingerprint density at radius 2 is 1.48 bits per heavy atom. The number of para-hydroxylation sites is 1. The molecular weight excluding hydrogens is 402 g/mol. The summed E-state index contributed by atoms with van der Waals surface area (Å²) >= 11 is 0. The summed E-state index contributed by atoms with van der Waals surface area (Å²) in [4.78, 5) is 3.95. The van der Waals surface area contributed by atoms with Crippen LogP contribution in [-0.2, 0) is 12.4 Å². The van der Waals surface area contributed by atoms with E-state index in [-0.39, 0.29) is 17.7 Å². The van der Waals surface area contributed by atoms with Gasteiger partial charge in [-0.3, -0.25) is 0 Å². The molecule has 2 heterocycles. The van der Waals surface area contributed by atoms with E-state index in [1.165, 1.54) is 0 Å². The predicted octanol–water partition coefficient (Wildman–Crippen LogP) is 6.50. The molecule has 29 heavy (non-hydrogen) atoms. The van der Waals surface area contributed by atoms with Gasteiger partial charge in [-0.25, -0.2) is 0 Å². The minimum Gasteiger partial charge on any atom is -0.451 e. The van der Waals surface area contributed by atoms with E-state index in [2.05, 4.69) is 10.1 Å². The number of furan rings is 1. The first-order chi connectivity index (χ1) is 13.5. The highest BCUT2D eigenvalue weighted by molar-refractivity contribution is 5.86. The summed E-state index contributed by atoms with van der Waals surface area (Å²) in [6.07, 6.45) is -9.95. The Morgan fingerprint density at radius 1 is 0.862 bits per heavy atom. The van der Waals surface area contributed by atoms with Crippen molar-refractivity contribution in [1.82, 2.24) is 10.1 Å². The molecule has 0 radical (unpaired) electrons. The molecular formula is C19H10F6N2O2. The van der Waals surface area contributed by atoms with Crippen molar-refractivity contribution in [3.8, 4) is 23.0 Å². The molecule has 0 N–H and O–H groups in total. The summed E-state index contributed by atoms with van der Waals surface area (Å²) < 4.78 is 89.0. The lowest BCUT2D eigenvalue weighted by Gasteiger charge is -2.12. The maximum absolute atomic E-state index is 13.0. The highest BCUT2D eigenvalue weighted by atomic mass is 19.4. The summed E-state index contributed by atoms with van der Waals surface area (Å²) in [5, 5.41) is 4.30. The zero-order valence-electron chi connectivity index (χ0n) is 14.5. The molecule has 0 aliphatic rings. The van der Waals surface area contributed by atoms with Crippen molar-refractivity contribution in [3.63, 3.8) is 0 Å². The lowest BCUT2D eigenvalue weighted by atomic mass is 10.0. The van der Waals surface area contributed by atoms with Gasteiger partial charge in [-0.05, 0) is 31.2 Å². The maximum atomic E-state index is 13.0. The van der Waals surface area contributed by atoms with E-state index in [1.807, 2.05) is 0 Å². The zero-order chi connectivity index (χ0) is 21.0. The monoisotopic (exact) mass is 412 g/mol. The van der Waals surface area contributed by atoms with Crippen LogP contribution in [-0.4, -0.2) is 10.1 Å². The van der Waals surface area contributed by atoms with Gasteiger partial charge in [0.1, 0.15) is 5.58 Å². The molecule has 0 atom stereocenters. The minimum absolute atomic E-state index is 0.0356.